The Hall–Kier alpha value is -2.59. The maximum atomic E-state index is 14.0. The second-order valence-corrected chi connectivity index (χ2v) is 60.0. The average Bonchev–Trinajstić information content (AvgIpc) is 3.73. The molecule has 0 aliphatic heterocycles. The van der Waals surface area contributed by atoms with E-state index in [9.17, 15) is 39.5 Å². The van der Waals surface area contributed by atoms with E-state index in [1.165, 1.54) is 11.1 Å². The third kappa shape index (κ3) is 7.18. The van der Waals surface area contributed by atoms with Crippen molar-refractivity contribution in [2.75, 3.05) is 0 Å². The van der Waals surface area contributed by atoms with Gasteiger partial charge < -0.3 is 0 Å². The van der Waals surface area contributed by atoms with Gasteiger partial charge in [0, 0.05) is 0 Å². The topological polar surface area (TPSA) is 0 Å². The zero-order chi connectivity index (χ0) is 43.9. The fourth-order valence-electron chi connectivity index (χ4n) is 9.48. The van der Waals surface area contributed by atoms with E-state index in [-0.39, 0.29) is 36.3 Å². The number of hydrogen-bond donors (Lipinski definition) is 0. The van der Waals surface area contributed by atoms with Crippen molar-refractivity contribution in [3.63, 3.8) is 0 Å². The summed E-state index contributed by atoms with van der Waals surface area (Å²) in [5.74, 6) is -1.89. The Kier molecular flexibility index (Phi) is 11.9. The van der Waals surface area contributed by atoms with Crippen LogP contribution in [-0.2, 0) is 26.4 Å². The fraction of sp³-hybridized carbons (Fsp3) is 0.391. The van der Waals surface area contributed by atoms with Crippen LogP contribution in [0.3, 0.4) is 0 Å². The number of rotatable bonds is 9. The number of halogens is 11. The number of benzene rings is 4. The van der Waals surface area contributed by atoms with Crippen LogP contribution in [-0.4, -0.2) is 24.5 Å². The van der Waals surface area contributed by atoms with Gasteiger partial charge in [0.15, 0.2) is 0 Å². The zero-order valence-electron chi connectivity index (χ0n) is 34.1. The van der Waals surface area contributed by atoms with Crippen LogP contribution >= 0.6 is 17.0 Å². The third-order valence-electron chi connectivity index (χ3n) is 13.0. The molecule has 0 nitrogen and oxygen atoms in total. The van der Waals surface area contributed by atoms with Crippen molar-refractivity contribution in [2.45, 2.75) is 104 Å². The quantitative estimate of drug-likeness (QED) is 0.116. The summed E-state index contributed by atoms with van der Waals surface area (Å²) in [6.45, 7) is 17.3. The molecule has 2 aliphatic rings. The van der Waals surface area contributed by atoms with E-state index in [1.54, 1.807) is 12.1 Å². The first kappa shape index (κ1) is 45.9. The number of fused-ring (bicyclic) bond motifs is 2. The van der Waals surface area contributed by atoms with Gasteiger partial charge in [-0.25, -0.2) is 0 Å². The molecule has 6 rings (SSSR count). The Morgan fingerprint density at radius 1 is 0.610 bits per heavy atom. The van der Waals surface area contributed by atoms with Crippen molar-refractivity contribution in [3.05, 3.63) is 129 Å². The molecular formula is C46H48Cl2F9SiZr. The first-order valence-electron chi connectivity index (χ1n) is 19.8. The van der Waals surface area contributed by atoms with E-state index >= 15 is 0 Å². The van der Waals surface area contributed by atoms with Gasteiger partial charge in [0.25, 0.3) is 0 Å². The normalized spacial score (nSPS) is 18.9. The molecule has 3 unspecified atom stereocenters. The summed E-state index contributed by atoms with van der Waals surface area (Å²) in [5, 5.41) is 0. The summed E-state index contributed by atoms with van der Waals surface area (Å²) < 4.78 is 125. The van der Waals surface area contributed by atoms with Crippen molar-refractivity contribution in [1.82, 2.24) is 0 Å². The van der Waals surface area contributed by atoms with E-state index in [0.717, 1.165) is 51.9 Å². The molecule has 0 radical (unpaired) electrons. The monoisotopic (exact) mass is 959 g/mol. The van der Waals surface area contributed by atoms with Gasteiger partial charge in [0.2, 0.25) is 0 Å². The van der Waals surface area contributed by atoms with Crippen LogP contribution < -0.4 is 0 Å². The fourth-order valence-corrected chi connectivity index (χ4v) is 41.0. The molecule has 0 amide bonds. The maximum absolute atomic E-state index is 14.0. The number of hydrogen-bond acceptors (Lipinski definition) is 0. The van der Waals surface area contributed by atoms with Gasteiger partial charge in [-0.2, -0.15) is 0 Å². The van der Waals surface area contributed by atoms with Crippen molar-refractivity contribution < 1.29 is 55.1 Å². The standard InChI is InChI=1S/C23H27.C21H14F9.C2H7Si.2ClH.Zr/c1-6-16(2)19-14-18-8-7-9-21(22(18)15-19)17-10-12-20(13-11-17)23(3,4)5;1-2-12-10-14-4-3-5-16(17(14)11-12)13-6-8-15(9-7-13)18(19(22,23)24,20(25,26)27)21(28,29)30;1-3-2;;;/h7-16H,6H2,1-5H3;3-11H,2H2,1H3;3H,1-2H3;2*1H;/q;;;;;+2/p-2. The zero-order valence-corrected chi connectivity index (χ0v) is 39.2. The second kappa shape index (κ2) is 15.3. The van der Waals surface area contributed by atoms with E-state index in [4.69, 9.17) is 17.0 Å². The molecule has 4 aromatic carbocycles. The van der Waals surface area contributed by atoms with Crippen molar-refractivity contribution >= 4 is 35.1 Å². The van der Waals surface area contributed by atoms with Gasteiger partial charge in [0.05, 0.1) is 0 Å². The molecule has 0 N–H and O–H groups in total. The van der Waals surface area contributed by atoms with Crippen LogP contribution in [0.2, 0.25) is 13.1 Å². The molecule has 0 heterocycles. The Morgan fingerprint density at radius 2 is 1.03 bits per heavy atom. The van der Waals surface area contributed by atoms with Gasteiger partial charge in [0.1, 0.15) is 0 Å². The number of alkyl halides is 9. The first-order chi connectivity index (χ1) is 27.2. The molecule has 317 valence electrons. The Morgan fingerprint density at radius 3 is 1.42 bits per heavy atom. The van der Waals surface area contributed by atoms with Crippen molar-refractivity contribution in [2.24, 2.45) is 5.92 Å². The Labute approximate surface area is 349 Å². The molecule has 0 fully saturated rings. The minimum atomic E-state index is -6.71. The SMILES string of the molecule is CCC1=Cc2c(-c3ccc(C(C(F)(F)F)(C(F)(F)F)C(F)(F)F)cc3)cccc2[CH]1[Zr]([Cl])([Cl])([CH]1C(C(C)CC)=Cc2c(-c3ccc(C(C)(C)C)cc3)cccc21)[SiH](C)C. The van der Waals surface area contributed by atoms with E-state index in [2.05, 4.69) is 96.3 Å². The molecule has 0 saturated heterocycles. The van der Waals surface area contributed by atoms with E-state index in [1.807, 2.05) is 19.1 Å². The molecule has 0 spiro atoms. The molecule has 3 atom stereocenters. The molecule has 13 heteroatoms. The Balaban J connectivity index is 1.53. The van der Waals surface area contributed by atoms with Gasteiger partial charge in [-0.3, -0.25) is 0 Å². The number of allylic oxidation sites excluding steroid dienone is 2. The molecule has 59 heavy (non-hydrogen) atoms. The van der Waals surface area contributed by atoms with Crippen molar-refractivity contribution in [1.29, 1.82) is 0 Å². The van der Waals surface area contributed by atoms with Gasteiger partial charge >= 0.3 is 352 Å². The summed E-state index contributed by atoms with van der Waals surface area (Å²) in [6.07, 6.45) is -14.5. The molecule has 0 bridgehead atoms. The average molecular weight is 962 g/mol. The van der Waals surface area contributed by atoms with Crippen LogP contribution in [0, 0.1) is 5.92 Å². The molecule has 0 saturated carbocycles. The van der Waals surface area contributed by atoms with Crippen LogP contribution in [0.25, 0.3) is 34.4 Å². The second-order valence-electron chi connectivity index (χ2n) is 17.5. The van der Waals surface area contributed by atoms with E-state index in [0.29, 0.717) is 17.5 Å². The van der Waals surface area contributed by atoms with Crippen molar-refractivity contribution in [3.8, 4) is 22.3 Å². The van der Waals surface area contributed by atoms with E-state index < -0.39 is 51.0 Å². The van der Waals surface area contributed by atoms with Crippen LogP contribution in [0.4, 0.5) is 39.5 Å². The summed E-state index contributed by atoms with van der Waals surface area (Å²) in [7, 11) is 17.1. The molecule has 2 aliphatic carbocycles. The molecular weight excluding hydrogens is 914 g/mol. The molecule has 0 aromatic heterocycles. The summed E-state index contributed by atoms with van der Waals surface area (Å²) in [4.78, 5) is 0. The van der Waals surface area contributed by atoms with Gasteiger partial charge in [-0.15, -0.1) is 0 Å². The van der Waals surface area contributed by atoms with Gasteiger partial charge in [-0.05, 0) is 0 Å². The summed E-state index contributed by atoms with van der Waals surface area (Å²) in [5.41, 5.74) is 1.77. The summed E-state index contributed by atoms with van der Waals surface area (Å²) >= 11 is -5.34. The van der Waals surface area contributed by atoms with Crippen LogP contribution in [0.1, 0.15) is 95.0 Å². The van der Waals surface area contributed by atoms with Gasteiger partial charge in [-0.1, -0.05) is 0 Å². The predicted octanol–water partition coefficient (Wildman–Crippen LogP) is 16.3. The van der Waals surface area contributed by atoms with Crippen LogP contribution in [0.15, 0.2) is 96.1 Å². The first-order valence-corrected chi connectivity index (χ1v) is 36.1. The Bertz CT molecular complexity index is 2260. The summed E-state index contributed by atoms with van der Waals surface area (Å²) in [6, 6.07) is 22.6. The van der Waals surface area contributed by atoms with Crippen LogP contribution in [0.5, 0.6) is 0 Å². The third-order valence-corrected chi connectivity index (χ3v) is 64.8. The predicted molar refractivity (Wildman–Crippen MR) is 224 cm³/mol. The minimum absolute atomic E-state index is 0.0178. The molecule has 4 aromatic rings.